The summed E-state index contributed by atoms with van der Waals surface area (Å²) >= 11 is 1.61. The maximum absolute atomic E-state index is 12.8. The molecule has 0 radical (unpaired) electrons. The summed E-state index contributed by atoms with van der Waals surface area (Å²) in [7, 11) is 1.84. The first-order valence-electron chi connectivity index (χ1n) is 8.98. The van der Waals surface area contributed by atoms with Gasteiger partial charge in [0.1, 0.15) is 0 Å². The summed E-state index contributed by atoms with van der Waals surface area (Å²) in [6.45, 7) is 2.85. The maximum atomic E-state index is 12.8. The van der Waals surface area contributed by atoms with E-state index in [0.29, 0.717) is 36.5 Å². The Hall–Kier alpha value is -2.97. The van der Waals surface area contributed by atoms with Crippen molar-refractivity contribution in [2.24, 2.45) is 12.8 Å². The summed E-state index contributed by atoms with van der Waals surface area (Å²) in [6, 6.07) is 10.9. The summed E-state index contributed by atoms with van der Waals surface area (Å²) in [5, 5.41) is 12.0. The van der Waals surface area contributed by atoms with Gasteiger partial charge in [0.15, 0.2) is 5.82 Å². The molecule has 2 aromatic heterocycles. The third-order valence-electron chi connectivity index (χ3n) is 4.31. The first-order valence-corrected chi connectivity index (χ1v) is 9.85. The monoisotopic (exact) mass is 397 g/mol. The Bertz CT molecular complexity index is 979. The Balaban J connectivity index is 1.76. The largest absolute Gasteiger partial charge is 0.352 e. The van der Waals surface area contributed by atoms with E-state index in [-0.39, 0.29) is 11.8 Å². The predicted octanol–water partition coefficient (Wildman–Crippen LogP) is 2.79. The number of thiophene rings is 1. The standard InChI is InChI=1S/C20H23N5O2S/c1-13-6-7-14(19(26)22-9-4-8-21)11-15(13)20(27)23-18-12-16(25(2)24-18)17-5-3-10-28-17/h3,5-7,10-12H,4,8-9,21H2,1-2H3,(H,22,26)(H,23,24,27). The van der Waals surface area contributed by atoms with Crippen molar-refractivity contribution in [2.75, 3.05) is 18.4 Å². The van der Waals surface area contributed by atoms with E-state index in [1.54, 1.807) is 34.2 Å². The van der Waals surface area contributed by atoms with Crippen molar-refractivity contribution in [1.29, 1.82) is 0 Å². The van der Waals surface area contributed by atoms with Crippen LogP contribution < -0.4 is 16.4 Å². The molecule has 0 spiro atoms. The highest BCUT2D eigenvalue weighted by Gasteiger charge is 2.16. The molecule has 4 N–H and O–H groups in total. The topological polar surface area (TPSA) is 102 Å². The molecule has 28 heavy (non-hydrogen) atoms. The number of rotatable bonds is 7. The highest BCUT2D eigenvalue weighted by atomic mass is 32.1. The van der Waals surface area contributed by atoms with Crippen LogP contribution in [-0.4, -0.2) is 34.7 Å². The molecular weight excluding hydrogens is 374 g/mol. The van der Waals surface area contributed by atoms with Gasteiger partial charge in [-0.05, 0) is 49.0 Å². The smallest absolute Gasteiger partial charge is 0.257 e. The van der Waals surface area contributed by atoms with Crippen molar-refractivity contribution in [2.45, 2.75) is 13.3 Å². The average molecular weight is 398 g/mol. The van der Waals surface area contributed by atoms with E-state index < -0.39 is 0 Å². The second-order valence-electron chi connectivity index (χ2n) is 6.40. The van der Waals surface area contributed by atoms with Gasteiger partial charge in [-0.25, -0.2) is 0 Å². The molecule has 0 aliphatic rings. The Morgan fingerprint density at radius 2 is 2.04 bits per heavy atom. The van der Waals surface area contributed by atoms with E-state index in [1.807, 2.05) is 37.6 Å². The molecular formula is C20H23N5O2S. The van der Waals surface area contributed by atoms with Crippen molar-refractivity contribution < 1.29 is 9.59 Å². The first-order chi connectivity index (χ1) is 13.5. The van der Waals surface area contributed by atoms with Crippen LogP contribution in [0.3, 0.4) is 0 Å². The van der Waals surface area contributed by atoms with Crippen molar-refractivity contribution >= 4 is 29.0 Å². The second-order valence-corrected chi connectivity index (χ2v) is 7.35. The lowest BCUT2D eigenvalue weighted by Crippen LogP contribution is -2.26. The zero-order valence-corrected chi connectivity index (χ0v) is 16.7. The van der Waals surface area contributed by atoms with Crippen molar-refractivity contribution in [3.63, 3.8) is 0 Å². The SMILES string of the molecule is Cc1ccc(C(=O)NCCCN)cc1C(=O)Nc1cc(-c2cccs2)n(C)n1. The number of nitrogens with two attached hydrogens (primary N) is 1. The molecule has 0 aliphatic carbocycles. The summed E-state index contributed by atoms with van der Waals surface area (Å²) in [6.07, 6.45) is 0.706. The van der Waals surface area contributed by atoms with Gasteiger partial charge >= 0.3 is 0 Å². The number of aryl methyl sites for hydroxylation is 2. The number of aromatic nitrogens is 2. The molecule has 7 nitrogen and oxygen atoms in total. The van der Waals surface area contributed by atoms with Crippen molar-refractivity contribution in [3.05, 3.63) is 58.5 Å². The zero-order valence-electron chi connectivity index (χ0n) is 15.9. The number of carbonyl (C=O) groups excluding carboxylic acids is 2. The molecule has 0 aliphatic heterocycles. The van der Waals surface area contributed by atoms with Crippen LogP contribution >= 0.6 is 11.3 Å². The fourth-order valence-electron chi connectivity index (χ4n) is 2.78. The van der Waals surface area contributed by atoms with Gasteiger partial charge in [0.05, 0.1) is 10.6 Å². The summed E-state index contributed by atoms with van der Waals surface area (Å²) < 4.78 is 1.73. The predicted molar refractivity (Wildman–Crippen MR) is 112 cm³/mol. The molecule has 8 heteroatoms. The van der Waals surface area contributed by atoms with Crippen LogP contribution in [0.25, 0.3) is 10.6 Å². The molecule has 3 aromatic rings. The van der Waals surface area contributed by atoms with Gasteiger partial charge in [-0.3, -0.25) is 14.3 Å². The third kappa shape index (κ3) is 4.47. The Labute approximate surface area is 167 Å². The Morgan fingerprint density at radius 1 is 1.21 bits per heavy atom. The van der Waals surface area contributed by atoms with Crippen LogP contribution in [0.2, 0.25) is 0 Å². The van der Waals surface area contributed by atoms with E-state index in [2.05, 4.69) is 15.7 Å². The number of hydrogen-bond acceptors (Lipinski definition) is 5. The van der Waals surface area contributed by atoms with Crippen molar-refractivity contribution in [3.8, 4) is 10.6 Å². The van der Waals surface area contributed by atoms with E-state index in [9.17, 15) is 9.59 Å². The van der Waals surface area contributed by atoms with Crippen LogP contribution in [0.4, 0.5) is 5.82 Å². The molecule has 0 fully saturated rings. The molecule has 0 unspecified atom stereocenters. The van der Waals surface area contributed by atoms with E-state index in [0.717, 1.165) is 16.1 Å². The lowest BCUT2D eigenvalue weighted by molar-refractivity contribution is 0.0953. The minimum atomic E-state index is -0.301. The number of nitrogens with zero attached hydrogens (tertiary/aromatic N) is 2. The molecule has 1 aromatic carbocycles. The molecule has 0 atom stereocenters. The van der Waals surface area contributed by atoms with Gasteiger partial charge in [0.2, 0.25) is 0 Å². The molecule has 3 rings (SSSR count). The van der Waals surface area contributed by atoms with Crippen LogP contribution in [0.1, 0.15) is 32.7 Å². The number of carbonyl (C=O) groups is 2. The zero-order chi connectivity index (χ0) is 20.1. The molecule has 2 heterocycles. The summed E-state index contributed by atoms with van der Waals surface area (Å²) in [5.41, 5.74) is 8.03. The number of amides is 2. The van der Waals surface area contributed by atoms with Gasteiger partial charge in [0, 0.05) is 30.8 Å². The Kier molecular flexibility index (Phi) is 6.23. The third-order valence-corrected chi connectivity index (χ3v) is 5.20. The normalized spacial score (nSPS) is 10.7. The highest BCUT2D eigenvalue weighted by Crippen LogP contribution is 2.26. The first kappa shape index (κ1) is 19.8. The number of benzene rings is 1. The van der Waals surface area contributed by atoms with Crippen LogP contribution in [0.15, 0.2) is 41.8 Å². The number of hydrogen-bond donors (Lipinski definition) is 3. The van der Waals surface area contributed by atoms with E-state index >= 15 is 0 Å². The Morgan fingerprint density at radius 3 is 2.75 bits per heavy atom. The van der Waals surface area contributed by atoms with Gasteiger partial charge in [-0.15, -0.1) is 11.3 Å². The minimum Gasteiger partial charge on any atom is -0.352 e. The van der Waals surface area contributed by atoms with Gasteiger partial charge < -0.3 is 16.4 Å². The van der Waals surface area contributed by atoms with Gasteiger partial charge in [-0.1, -0.05) is 12.1 Å². The molecule has 0 saturated carbocycles. The lowest BCUT2D eigenvalue weighted by Gasteiger charge is -2.09. The molecule has 0 saturated heterocycles. The molecule has 0 bridgehead atoms. The fraction of sp³-hybridized carbons (Fsp3) is 0.250. The fourth-order valence-corrected chi connectivity index (χ4v) is 3.55. The van der Waals surface area contributed by atoms with Gasteiger partial charge in [-0.2, -0.15) is 5.10 Å². The maximum Gasteiger partial charge on any atom is 0.257 e. The lowest BCUT2D eigenvalue weighted by atomic mass is 10.0. The second kappa shape index (κ2) is 8.81. The minimum absolute atomic E-state index is 0.222. The summed E-state index contributed by atoms with van der Waals surface area (Å²) in [5.74, 6) is -0.0571. The van der Waals surface area contributed by atoms with Gasteiger partial charge in [0.25, 0.3) is 11.8 Å². The van der Waals surface area contributed by atoms with Crippen LogP contribution in [-0.2, 0) is 7.05 Å². The molecule has 2 amide bonds. The summed E-state index contributed by atoms with van der Waals surface area (Å²) in [4.78, 5) is 26.1. The van der Waals surface area contributed by atoms with E-state index in [4.69, 9.17) is 5.73 Å². The van der Waals surface area contributed by atoms with Crippen LogP contribution in [0, 0.1) is 6.92 Å². The van der Waals surface area contributed by atoms with Crippen LogP contribution in [0.5, 0.6) is 0 Å². The number of nitrogens with one attached hydrogen (secondary N) is 2. The van der Waals surface area contributed by atoms with E-state index in [1.165, 1.54) is 0 Å². The van der Waals surface area contributed by atoms with Crippen molar-refractivity contribution in [1.82, 2.24) is 15.1 Å². The average Bonchev–Trinajstić information content (AvgIpc) is 3.31. The molecule has 146 valence electrons. The number of anilines is 1. The quantitative estimate of drug-likeness (QED) is 0.534. The highest BCUT2D eigenvalue weighted by molar-refractivity contribution is 7.13.